The van der Waals surface area contributed by atoms with E-state index >= 15 is 0 Å². The van der Waals surface area contributed by atoms with Gasteiger partial charge in [0.05, 0.1) is 41.2 Å². The van der Waals surface area contributed by atoms with Crippen molar-refractivity contribution in [3.63, 3.8) is 0 Å². The molecule has 9 nitrogen and oxygen atoms in total. The van der Waals surface area contributed by atoms with E-state index in [1.165, 1.54) is 10.5 Å². The number of aromatic nitrogens is 1. The molecule has 2 fully saturated rings. The molecular weight excluding hydrogens is 456 g/mol. The van der Waals surface area contributed by atoms with Crippen LogP contribution in [0.25, 0.3) is 0 Å². The highest BCUT2D eigenvalue weighted by Gasteiger charge is 2.28. The number of hydrogen-bond donors (Lipinski definition) is 1. The molecule has 1 aromatic carbocycles. The van der Waals surface area contributed by atoms with E-state index < -0.39 is 10.0 Å². The van der Waals surface area contributed by atoms with Gasteiger partial charge in [-0.05, 0) is 57.4 Å². The van der Waals surface area contributed by atoms with E-state index in [4.69, 9.17) is 9.47 Å². The van der Waals surface area contributed by atoms with Crippen LogP contribution < -0.4 is 15.0 Å². The lowest BCUT2D eigenvalue weighted by atomic mass is 10.1. The fourth-order valence-corrected chi connectivity index (χ4v) is 5.58. The maximum Gasteiger partial charge on any atom is 0.257 e. The van der Waals surface area contributed by atoms with Crippen LogP contribution in [0.15, 0.2) is 41.4 Å². The predicted molar refractivity (Wildman–Crippen MR) is 130 cm³/mol. The molecule has 10 heteroatoms. The predicted octanol–water partition coefficient (Wildman–Crippen LogP) is 3.13. The fourth-order valence-electron chi connectivity index (χ4n) is 4.14. The summed E-state index contributed by atoms with van der Waals surface area (Å²) in [6.07, 6.45) is 4.72. The summed E-state index contributed by atoms with van der Waals surface area (Å²) in [5, 5.41) is 2.93. The zero-order chi connectivity index (χ0) is 24.1. The number of pyridine rings is 1. The highest BCUT2D eigenvalue weighted by atomic mass is 32.2. The number of carbonyl (C=O) groups is 1. The number of nitrogens with one attached hydrogen (secondary N) is 1. The molecule has 2 aliphatic heterocycles. The van der Waals surface area contributed by atoms with Crippen molar-refractivity contribution in [3.05, 3.63) is 42.1 Å². The molecule has 1 amide bonds. The van der Waals surface area contributed by atoms with Gasteiger partial charge in [0.15, 0.2) is 0 Å². The number of benzene rings is 1. The van der Waals surface area contributed by atoms with Crippen LogP contribution in [-0.4, -0.2) is 69.1 Å². The minimum absolute atomic E-state index is 0.0181. The topological polar surface area (TPSA) is 101 Å². The van der Waals surface area contributed by atoms with Gasteiger partial charge in [0, 0.05) is 38.4 Å². The number of anilines is 2. The first-order valence-electron chi connectivity index (χ1n) is 11.8. The van der Waals surface area contributed by atoms with Crippen LogP contribution in [0.2, 0.25) is 0 Å². The lowest BCUT2D eigenvalue weighted by Crippen LogP contribution is -2.40. The number of nitrogens with zero attached hydrogens (tertiary/aromatic N) is 3. The number of morpholine rings is 1. The van der Waals surface area contributed by atoms with E-state index in [9.17, 15) is 13.2 Å². The van der Waals surface area contributed by atoms with Gasteiger partial charge >= 0.3 is 0 Å². The molecule has 2 saturated heterocycles. The van der Waals surface area contributed by atoms with Crippen LogP contribution in [-0.2, 0) is 14.8 Å². The van der Waals surface area contributed by atoms with Gasteiger partial charge in [-0.1, -0.05) is 0 Å². The SMILES string of the molecule is CC(C)Oc1ccc(C(=O)Nc2cc(S(=O)(=O)N3CCOCC3)ccc2N2CCCCC2)cn1. The molecule has 2 aromatic rings. The second-order valence-corrected chi connectivity index (χ2v) is 10.7. The van der Waals surface area contributed by atoms with E-state index in [1.807, 2.05) is 13.8 Å². The maximum absolute atomic E-state index is 13.2. The van der Waals surface area contributed by atoms with Crippen molar-refractivity contribution in [2.24, 2.45) is 0 Å². The molecule has 184 valence electrons. The molecular formula is C24H32N4O5S. The molecule has 1 N–H and O–H groups in total. The first-order chi connectivity index (χ1) is 16.3. The monoisotopic (exact) mass is 488 g/mol. The molecule has 0 bridgehead atoms. The molecule has 0 atom stereocenters. The normalized spacial score (nSPS) is 17.6. The van der Waals surface area contributed by atoms with E-state index in [2.05, 4.69) is 15.2 Å². The maximum atomic E-state index is 13.2. The Hall–Kier alpha value is -2.69. The summed E-state index contributed by atoms with van der Waals surface area (Å²) in [5.41, 5.74) is 1.66. The van der Waals surface area contributed by atoms with Crippen molar-refractivity contribution in [1.82, 2.24) is 9.29 Å². The smallest absolute Gasteiger partial charge is 0.257 e. The third-order valence-electron chi connectivity index (χ3n) is 5.88. The minimum Gasteiger partial charge on any atom is -0.475 e. The highest BCUT2D eigenvalue weighted by molar-refractivity contribution is 7.89. The highest BCUT2D eigenvalue weighted by Crippen LogP contribution is 2.32. The van der Waals surface area contributed by atoms with Gasteiger partial charge in [-0.15, -0.1) is 0 Å². The molecule has 2 aliphatic rings. The van der Waals surface area contributed by atoms with Crippen molar-refractivity contribution in [2.75, 3.05) is 49.6 Å². The van der Waals surface area contributed by atoms with Crippen LogP contribution in [0.5, 0.6) is 5.88 Å². The van der Waals surface area contributed by atoms with Gasteiger partial charge in [0.2, 0.25) is 15.9 Å². The molecule has 0 aliphatic carbocycles. The number of hydrogen-bond acceptors (Lipinski definition) is 7. The Bertz CT molecular complexity index is 1090. The van der Waals surface area contributed by atoms with Crippen LogP contribution in [0.4, 0.5) is 11.4 Å². The average molecular weight is 489 g/mol. The summed E-state index contributed by atoms with van der Waals surface area (Å²) >= 11 is 0. The quantitative estimate of drug-likeness (QED) is 0.639. The fraction of sp³-hybridized carbons (Fsp3) is 0.500. The third kappa shape index (κ3) is 5.68. The summed E-state index contributed by atoms with van der Waals surface area (Å²) in [5.74, 6) is 0.0851. The number of carbonyl (C=O) groups excluding carboxylic acids is 1. The Morgan fingerprint density at radius 3 is 2.44 bits per heavy atom. The minimum atomic E-state index is -3.70. The Morgan fingerprint density at radius 1 is 1.06 bits per heavy atom. The Kier molecular flexibility index (Phi) is 7.70. The molecule has 0 spiro atoms. The van der Waals surface area contributed by atoms with E-state index in [0.717, 1.165) is 38.0 Å². The van der Waals surface area contributed by atoms with Gasteiger partial charge in [0.25, 0.3) is 5.91 Å². The van der Waals surface area contributed by atoms with E-state index in [-0.39, 0.29) is 16.9 Å². The second-order valence-electron chi connectivity index (χ2n) is 8.75. The summed E-state index contributed by atoms with van der Waals surface area (Å²) in [4.78, 5) is 19.6. The molecule has 34 heavy (non-hydrogen) atoms. The van der Waals surface area contributed by atoms with Gasteiger partial charge in [-0.3, -0.25) is 4.79 Å². The van der Waals surface area contributed by atoms with Crippen molar-refractivity contribution in [3.8, 4) is 5.88 Å². The van der Waals surface area contributed by atoms with Crippen LogP contribution >= 0.6 is 0 Å². The molecule has 1 aromatic heterocycles. The van der Waals surface area contributed by atoms with Crippen molar-refractivity contribution in [2.45, 2.75) is 44.1 Å². The second kappa shape index (κ2) is 10.7. The lowest BCUT2D eigenvalue weighted by molar-refractivity contribution is 0.0730. The molecule has 3 heterocycles. The van der Waals surface area contributed by atoms with Crippen LogP contribution in [0.1, 0.15) is 43.5 Å². The Morgan fingerprint density at radius 2 is 1.79 bits per heavy atom. The summed E-state index contributed by atoms with van der Waals surface area (Å²) in [7, 11) is -3.70. The number of amides is 1. The van der Waals surface area contributed by atoms with Crippen LogP contribution in [0.3, 0.4) is 0 Å². The van der Waals surface area contributed by atoms with Gasteiger partial charge in [-0.25, -0.2) is 13.4 Å². The van der Waals surface area contributed by atoms with E-state index in [1.54, 1.807) is 30.3 Å². The summed E-state index contributed by atoms with van der Waals surface area (Å²) in [6.45, 7) is 6.91. The van der Waals surface area contributed by atoms with Gasteiger partial charge in [-0.2, -0.15) is 4.31 Å². The molecule has 0 saturated carbocycles. The van der Waals surface area contributed by atoms with Gasteiger partial charge in [0.1, 0.15) is 0 Å². The average Bonchev–Trinajstić information content (AvgIpc) is 2.85. The largest absolute Gasteiger partial charge is 0.475 e. The molecule has 4 rings (SSSR count). The number of ether oxygens (including phenoxy) is 2. The summed E-state index contributed by atoms with van der Waals surface area (Å²) in [6, 6.07) is 8.29. The zero-order valence-corrected chi connectivity index (χ0v) is 20.5. The number of piperidine rings is 1. The third-order valence-corrected chi connectivity index (χ3v) is 7.77. The summed E-state index contributed by atoms with van der Waals surface area (Å²) < 4.78 is 38.7. The zero-order valence-electron chi connectivity index (χ0n) is 19.7. The number of rotatable bonds is 7. The number of sulfonamides is 1. The standard InChI is InChI=1S/C24H32N4O5S/c1-18(2)33-23-9-6-19(17-25-23)24(29)26-21-16-20(34(30,31)28-12-14-32-15-13-28)7-8-22(21)27-10-4-3-5-11-27/h6-9,16-18H,3-5,10-15H2,1-2H3,(H,26,29). The van der Waals surface area contributed by atoms with E-state index in [0.29, 0.717) is 43.4 Å². The van der Waals surface area contributed by atoms with Crippen molar-refractivity contribution < 1.29 is 22.7 Å². The molecule has 0 radical (unpaired) electrons. The van der Waals surface area contributed by atoms with Gasteiger partial charge < -0.3 is 19.7 Å². The Balaban J connectivity index is 1.62. The van der Waals surface area contributed by atoms with Crippen LogP contribution in [0, 0.1) is 0 Å². The van der Waals surface area contributed by atoms with Crippen molar-refractivity contribution >= 4 is 27.3 Å². The van der Waals surface area contributed by atoms with Crippen molar-refractivity contribution in [1.29, 1.82) is 0 Å². The first-order valence-corrected chi connectivity index (χ1v) is 13.2. The Labute approximate surface area is 201 Å². The first kappa shape index (κ1) is 24.4. The molecule has 0 unspecified atom stereocenters. The lowest BCUT2D eigenvalue weighted by Gasteiger charge is -2.31.